The van der Waals surface area contributed by atoms with Crippen LogP contribution in [0.3, 0.4) is 0 Å². The van der Waals surface area contributed by atoms with Crippen molar-refractivity contribution in [3.05, 3.63) is 45.6 Å². The summed E-state index contributed by atoms with van der Waals surface area (Å²) < 4.78 is 2.09. The van der Waals surface area contributed by atoms with Crippen molar-refractivity contribution < 1.29 is 0 Å². The van der Waals surface area contributed by atoms with E-state index in [0.29, 0.717) is 5.95 Å². The molecule has 1 aromatic carbocycles. The number of hydrogen-bond acceptors (Lipinski definition) is 3. The minimum atomic E-state index is 0.590. The van der Waals surface area contributed by atoms with Crippen LogP contribution in [0.1, 0.15) is 22.2 Å². The zero-order valence-corrected chi connectivity index (χ0v) is 12.0. The Kier molecular flexibility index (Phi) is 3.03. The number of aromatic nitrogens is 2. The second-order valence-electron chi connectivity index (χ2n) is 4.77. The van der Waals surface area contributed by atoms with Gasteiger partial charge in [0.15, 0.2) is 0 Å². The van der Waals surface area contributed by atoms with E-state index in [1.807, 2.05) is 17.4 Å². The molecule has 2 aromatic heterocycles. The quantitative estimate of drug-likeness (QED) is 0.791. The summed E-state index contributed by atoms with van der Waals surface area (Å²) in [6, 6.07) is 10.6. The highest BCUT2D eigenvalue weighted by atomic mass is 32.1. The Bertz CT molecular complexity index is 724. The van der Waals surface area contributed by atoms with E-state index in [4.69, 9.17) is 5.73 Å². The highest BCUT2D eigenvalue weighted by Gasteiger charge is 2.09. The molecule has 0 amide bonds. The Morgan fingerprint density at radius 3 is 2.74 bits per heavy atom. The fraction of sp³-hybridized carbons (Fsp3) is 0.267. The van der Waals surface area contributed by atoms with Crippen LogP contribution in [0.25, 0.3) is 11.0 Å². The predicted molar refractivity (Wildman–Crippen MR) is 81.7 cm³/mol. The number of nitrogen functional groups attached to an aromatic ring is 1. The Balaban J connectivity index is 2.04. The monoisotopic (exact) mass is 271 g/mol. The number of thiophene rings is 1. The largest absolute Gasteiger partial charge is 0.369 e. The van der Waals surface area contributed by atoms with Crippen LogP contribution >= 0.6 is 11.3 Å². The van der Waals surface area contributed by atoms with Crippen molar-refractivity contribution in [1.29, 1.82) is 0 Å². The first-order valence-corrected chi connectivity index (χ1v) is 7.29. The highest BCUT2D eigenvalue weighted by molar-refractivity contribution is 7.11. The molecule has 2 N–H and O–H groups in total. The molecule has 0 radical (unpaired) electrons. The number of anilines is 1. The molecule has 0 fully saturated rings. The number of imidazole rings is 1. The number of nitrogens with two attached hydrogens (primary N) is 1. The van der Waals surface area contributed by atoms with Crippen LogP contribution in [0.5, 0.6) is 0 Å². The molecule has 0 atom stereocenters. The van der Waals surface area contributed by atoms with Crippen LogP contribution < -0.4 is 5.73 Å². The van der Waals surface area contributed by atoms with Crippen LogP contribution in [-0.2, 0) is 13.0 Å². The highest BCUT2D eigenvalue weighted by Crippen LogP contribution is 2.24. The van der Waals surface area contributed by atoms with Gasteiger partial charge in [-0.3, -0.25) is 0 Å². The molecule has 0 aliphatic carbocycles. The molecule has 0 saturated carbocycles. The standard InChI is InChI=1S/C15H17N3S/c1-3-11-5-6-12(19-11)9-18-14-8-10(2)4-7-13(14)17-15(18)16/h4-8H,3,9H2,1-2H3,(H2,16,17). The van der Waals surface area contributed by atoms with Crippen LogP contribution in [0.15, 0.2) is 30.3 Å². The maximum atomic E-state index is 6.05. The van der Waals surface area contributed by atoms with Crippen molar-refractivity contribution in [2.75, 3.05) is 5.73 Å². The maximum Gasteiger partial charge on any atom is 0.201 e. The molecule has 3 nitrogen and oxygen atoms in total. The van der Waals surface area contributed by atoms with E-state index in [2.05, 4.69) is 47.7 Å². The molecule has 98 valence electrons. The summed E-state index contributed by atoms with van der Waals surface area (Å²) in [7, 11) is 0. The lowest BCUT2D eigenvalue weighted by Gasteiger charge is -2.05. The Hall–Kier alpha value is -1.81. The molecule has 0 spiro atoms. The van der Waals surface area contributed by atoms with E-state index >= 15 is 0 Å². The van der Waals surface area contributed by atoms with E-state index in [1.54, 1.807) is 0 Å². The van der Waals surface area contributed by atoms with Gasteiger partial charge in [0.05, 0.1) is 17.6 Å². The van der Waals surface area contributed by atoms with E-state index in [1.165, 1.54) is 15.3 Å². The molecule has 0 aliphatic heterocycles. The average Bonchev–Trinajstić information content (AvgIpc) is 2.96. The van der Waals surface area contributed by atoms with Gasteiger partial charge in [-0.15, -0.1) is 11.3 Å². The van der Waals surface area contributed by atoms with Gasteiger partial charge in [-0.05, 0) is 43.2 Å². The van der Waals surface area contributed by atoms with Gasteiger partial charge < -0.3 is 10.3 Å². The fourth-order valence-corrected chi connectivity index (χ4v) is 3.22. The number of benzene rings is 1. The summed E-state index contributed by atoms with van der Waals surface area (Å²) >= 11 is 1.85. The third kappa shape index (κ3) is 2.24. The molecular weight excluding hydrogens is 254 g/mol. The molecule has 3 rings (SSSR count). The summed E-state index contributed by atoms with van der Waals surface area (Å²) in [4.78, 5) is 7.16. The number of hydrogen-bond donors (Lipinski definition) is 1. The zero-order valence-electron chi connectivity index (χ0n) is 11.2. The van der Waals surface area contributed by atoms with Crippen molar-refractivity contribution in [1.82, 2.24) is 9.55 Å². The lowest BCUT2D eigenvalue weighted by Crippen LogP contribution is -2.03. The van der Waals surface area contributed by atoms with Crippen molar-refractivity contribution in [3.8, 4) is 0 Å². The van der Waals surface area contributed by atoms with E-state index in [9.17, 15) is 0 Å². The number of rotatable bonds is 3. The molecule has 4 heteroatoms. The lowest BCUT2D eigenvalue weighted by molar-refractivity contribution is 0.852. The third-order valence-corrected chi connectivity index (χ3v) is 4.53. The van der Waals surface area contributed by atoms with Crippen molar-refractivity contribution in [2.45, 2.75) is 26.8 Å². The second-order valence-corrected chi connectivity index (χ2v) is 6.02. The third-order valence-electron chi connectivity index (χ3n) is 3.31. The molecule has 0 saturated heterocycles. The van der Waals surface area contributed by atoms with E-state index in [0.717, 1.165) is 24.0 Å². The summed E-state index contributed by atoms with van der Waals surface area (Å²) in [5.41, 5.74) is 9.36. The number of fused-ring (bicyclic) bond motifs is 1. The maximum absolute atomic E-state index is 6.05. The average molecular weight is 271 g/mol. The van der Waals surface area contributed by atoms with Crippen molar-refractivity contribution in [2.24, 2.45) is 0 Å². The van der Waals surface area contributed by atoms with Gasteiger partial charge in [0, 0.05) is 9.75 Å². The number of aryl methyl sites for hydroxylation is 2. The van der Waals surface area contributed by atoms with Gasteiger partial charge in [-0.1, -0.05) is 13.0 Å². The number of nitrogens with zero attached hydrogens (tertiary/aromatic N) is 2. The van der Waals surface area contributed by atoms with Crippen LogP contribution in [0.2, 0.25) is 0 Å². The van der Waals surface area contributed by atoms with Gasteiger partial charge in [-0.2, -0.15) is 0 Å². The first kappa shape index (κ1) is 12.2. The van der Waals surface area contributed by atoms with Crippen LogP contribution in [0.4, 0.5) is 5.95 Å². The van der Waals surface area contributed by atoms with Gasteiger partial charge >= 0.3 is 0 Å². The smallest absolute Gasteiger partial charge is 0.201 e. The topological polar surface area (TPSA) is 43.8 Å². The minimum absolute atomic E-state index is 0.590. The Morgan fingerprint density at radius 2 is 2.00 bits per heavy atom. The van der Waals surface area contributed by atoms with Gasteiger partial charge in [-0.25, -0.2) is 4.98 Å². The molecule has 2 heterocycles. The van der Waals surface area contributed by atoms with Gasteiger partial charge in [0.1, 0.15) is 0 Å². The first-order valence-electron chi connectivity index (χ1n) is 6.47. The fourth-order valence-electron chi connectivity index (χ4n) is 2.27. The molecule has 19 heavy (non-hydrogen) atoms. The predicted octanol–water partition coefficient (Wildman–Crippen LogP) is 3.60. The van der Waals surface area contributed by atoms with E-state index in [-0.39, 0.29) is 0 Å². The zero-order chi connectivity index (χ0) is 13.4. The first-order chi connectivity index (χ1) is 9.17. The SMILES string of the molecule is CCc1ccc(Cn2c(N)nc3ccc(C)cc32)s1. The van der Waals surface area contributed by atoms with Crippen molar-refractivity contribution in [3.63, 3.8) is 0 Å². The molecule has 0 unspecified atom stereocenters. The Labute approximate surface area is 116 Å². The summed E-state index contributed by atoms with van der Waals surface area (Å²) in [6.45, 7) is 5.07. The second kappa shape index (κ2) is 4.70. The molecule has 0 aliphatic rings. The summed E-state index contributed by atoms with van der Waals surface area (Å²) in [6.07, 6.45) is 1.09. The minimum Gasteiger partial charge on any atom is -0.369 e. The Morgan fingerprint density at radius 1 is 1.21 bits per heavy atom. The van der Waals surface area contributed by atoms with Crippen LogP contribution in [-0.4, -0.2) is 9.55 Å². The summed E-state index contributed by atoms with van der Waals surface area (Å²) in [5, 5.41) is 0. The van der Waals surface area contributed by atoms with Crippen molar-refractivity contribution >= 4 is 28.3 Å². The van der Waals surface area contributed by atoms with Gasteiger partial charge in [0.25, 0.3) is 0 Å². The normalized spacial score (nSPS) is 11.3. The van der Waals surface area contributed by atoms with Crippen LogP contribution in [0, 0.1) is 6.92 Å². The molecule has 0 bridgehead atoms. The summed E-state index contributed by atoms with van der Waals surface area (Å²) in [5.74, 6) is 0.590. The molecular formula is C15H17N3S. The van der Waals surface area contributed by atoms with E-state index < -0.39 is 0 Å². The van der Waals surface area contributed by atoms with Gasteiger partial charge in [0.2, 0.25) is 5.95 Å². The lowest BCUT2D eigenvalue weighted by atomic mass is 10.2. The molecule has 3 aromatic rings.